The van der Waals surface area contributed by atoms with Gasteiger partial charge in [-0.1, -0.05) is 6.07 Å². The van der Waals surface area contributed by atoms with Crippen LogP contribution >= 0.6 is 0 Å². The second kappa shape index (κ2) is 6.33. The maximum absolute atomic E-state index is 11.6. The monoisotopic (exact) mass is 251 g/mol. The molecule has 7 nitrogen and oxygen atoms in total. The van der Waals surface area contributed by atoms with Crippen molar-refractivity contribution in [2.45, 2.75) is 6.92 Å². The highest BCUT2D eigenvalue weighted by atomic mass is 16.4. The maximum Gasteiger partial charge on any atom is 0.354 e. The largest absolute Gasteiger partial charge is 0.477 e. The Balaban J connectivity index is 2.64. The van der Waals surface area contributed by atoms with E-state index in [9.17, 15) is 14.4 Å². The number of amides is 2. The van der Waals surface area contributed by atoms with Gasteiger partial charge in [0.05, 0.1) is 6.54 Å². The van der Waals surface area contributed by atoms with Crippen molar-refractivity contribution < 1.29 is 19.5 Å². The summed E-state index contributed by atoms with van der Waals surface area (Å²) < 4.78 is 0. The van der Waals surface area contributed by atoms with Gasteiger partial charge in [0.1, 0.15) is 11.4 Å². The van der Waals surface area contributed by atoms with E-state index in [0.717, 1.165) is 0 Å². The van der Waals surface area contributed by atoms with Gasteiger partial charge in [0.2, 0.25) is 5.91 Å². The quantitative estimate of drug-likeness (QED) is 0.662. The van der Waals surface area contributed by atoms with Crippen molar-refractivity contribution in [3.63, 3.8) is 0 Å². The number of aromatic carboxylic acids is 1. The summed E-state index contributed by atoms with van der Waals surface area (Å²) in [6.45, 7) is 2.06. The lowest BCUT2D eigenvalue weighted by molar-refractivity contribution is -0.120. The molecule has 0 unspecified atom stereocenters. The zero-order valence-corrected chi connectivity index (χ0v) is 9.77. The van der Waals surface area contributed by atoms with E-state index in [0.29, 0.717) is 6.54 Å². The summed E-state index contributed by atoms with van der Waals surface area (Å²) in [4.78, 5) is 37.0. The number of nitrogens with zero attached hydrogens (tertiary/aromatic N) is 1. The summed E-state index contributed by atoms with van der Waals surface area (Å²) in [7, 11) is 0. The van der Waals surface area contributed by atoms with Crippen molar-refractivity contribution >= 4 is 17.8 Å². The molecule has 1 aromatic rings. The number of carbonyl (C=O) groups is 3. The number of carboxylic acid groups (broad SMARTS) is 1. The summed E-state index contributed by atoms with van der Waals surface area (Å²) in [5.41, 5.74) is -0.264. The average Bonchev–Trinajstić information content (AvgIpc) is 2.36. The van der Waals surface area contributed by atoms with E-state index in [1.165, 1.54) is 18.2 Å². The van der Waals surface area contributed by atoms with Crippen molar-refractivity contribution in [1.82, 2.24) is 15.6 Å². The number of rotatable bonds is 5. The minimum absolute atomic E-state index is 0.0424. The minimum atomic E-state index is -1.21. The molecule has 0 fully saturated rings. The van der Waals surface area contributed by atoms with Gasteiger partial charge < -0.3 is 15.7 Å². The summed E-state index contributed by atoms with van der Waals surface area (Å²) in [5, 5.41) is 13.6. The van der Waals surface area contributed by atoms with E-state index in [-0.39, 0.29) is 23.8 Å². The first-order valence-electron chi connectivity index (χ1n) is 5.29. The first kappa shape index (κ1) is 13.6. The van der Waals surface area contributed by atoms with Gasteiger partial charge in [-0.3, -0.25) is 9.59 Å². The lowest BCUT2D eigenvalue weighted by Gasteiger charge is -2.05. The highest BCUT2D eigenvalue weighted by Gasteiger charge is 2.11. The molecule has 3 N–H and O–H groups in total. The predicted octanol–water partition coefficient (Wildman–Crippen LogP) is -0.354. The molecule has 0 bridgehead atoms. The van der Waals surface area contributed by atoms with Gasteiger partial charge in [-0.05, 0) is 19.1 Å². The Morgan fingerprint density at radius 3 is 2.50 bits per heavy atom. The Morgan fingerprint density at radius 2 is 1.89 bits per heavy atom. The molecule has 18 heavy (non-hydrogen) atoms. The SMILES string of the molecule is CCNC(=O)CNC(=O)c1cccc(C(=O)O)n1. The van der Waals surface area contributed by atoms with Crippen LogP contribution in [0.3, 0.4) is 0 Å². The topological polar surface area (TPSA) is 108 Å². The second-order valence-electron chi connectivity index (χ2n) is 3.35. The smallest absolute Gasteiger partial charge is 0.354 e. The third-order valence-corrected chi connectivity index (χ3v) is 1.98. The van der Waals surface area contributed by atoms with Crippen LogP contribution in [0.15, 0.2) is 18.2 Å². The van der Waals surface area contributed by atoms with Gasteiger partial charge in [0.25, 0.3) is 5.91 Å². The number of pyridine rings is 1. The van der Waals surface area contributed by atoms with Crippen LogP contribution in [0.2, 0.25) is 0 Å². The van der Waals surface area contributed by atoms with E-state index in [1.54, 1.807) is 6.92 Å². The van der Waals surface area contributed by atoms with Crippen LogP contribution < -0.4 is 10.6 Å². The van der Waals surface area contributed by atoms with Crippen molar-refractivity contribution in [3.05, 3.63) is 29.6 Å². The van der Waals surface area contributed by atoms with Gasteiger partial charge in [0, 0.05) is 6.54 Å². The van der Waals surface area contributed by atoms with Crippen molar-refractivity contribution in [3.8, 4) is 0 Å². The molecular formula is C11H13N3O4. The van der Waals surface area contributed by atoms with Crippen molar-refractivity contribution in [2.24, 2.45) is 0 Å². The minimum Gasteiger partial charge on any atom is -0.477 e. The summed E-state index contributed by atoms with van der Waals surface area (Å²) in [6, 6.07) is 4.07. The van der Waals surface area contributed by atoms with E-state index < -0.39 is 11.9 Å². The van der Waals surface area contributed by atoms with Gasteiger partial charge >= 0.3 is 5.97 Å². The molecule has 96 valence electrons. The third kappa shape index (κ3) is 3.85. The Hall–Kier alpha value is -2.44. The van der Waals surface area contributed by atoms with Crippen LogP contribution in [0.5, 0.6) is 0 Å². The standard InChI is InChI=1S/C11H13N3O4/c1-2-12-9(15)6-13-10(16)7-4-3-5-8(14-7)11(17)18/h3-5H,2,6H2,1H3,(H,12,15)(H,13,16)(H,17,18). The predicted molar refractivity (Wildman–Crippen MR) is 62.2 cm³/mol. The van der Waals surface area contributed by atoms with E-state index >= 15 is 0 Å². The molecule has 0 saturated heterocycles. The first-order valence-corrected chi connectivity index (χ1v) is 5.29. The van der Waals surface area contributed by atoms with Crippen LogP contribution in [0.25, 0.3) is 0 Å². The number of nitrogens with one attached hydrogen (secondary N) is 2. The number of aromatic nitrogens is 1. The lowest BCUT2D eigenvalue weighted by Crippen LogP contribution is -2.37. The average molecular weight is 251 g/mol. The van der Waals surface area contributed by atoms with Crippen LogP contribution in [-0.4, -0.2) is 41.0 Å². The van der Waals surface area contributed by atoms with Crippen LogP contribution in [0.1, 0.15) is 27.9 Å². The number of hydrogen-bond donors (Lipinski definition) is 3. The van der Waals surface area contributed by atoms with Gasteiger partial charge in [-0.2, -0.15) is 0 Å². The van der Waals surface area contributed by atoms with Gasteiger partial charge in [-0.25, -0.2) is 9.78 Å². The molecule has 0 radical (unpaired) electrons. The van der Waals surface area contributed by atoms with Crippen LogP contribution in [-0.2, 0) is 4.79 Å². The molecule has 0 aliphatic heterocycles. The second-order valence-corrected chi connectivity index (χ2v) is 3.35. The summed E-state index contributed by atoms with van der Waals surface area (Å²) >= 11 is 0. The molecule has 1 heterocycles. The Bertz CT molecular complexity index is 473. The highest BCUT2D eigenvalue weighted by Crippen LogP contribution is 1.99. The molecule has 0 aromatic carbocycles. The molecular weight excluding hydrogens is 238 g/mol. The molecule has 0 saturated carbocycles. The third-order valence-electron chi connectivity index (χ3n) is 1.98. The summed E-state index contributed by atoms with van der Waals surface area (Å²) in [5.74, 6) is -2.13. The Kier molecular flexibility index (Phi) is 4.79. The molecule has 0 aliphatic carbocycles. The number of carboxylic acids is 1. The lowest BCUT2D eigenvalue weighted by atomic mass is 10.3. The Labute approximate surface area is 103 Å². The fourth-order valence-electron chi connectivity index (χ4n) is 1.19. The van der Waals surface area contributed by atoms with Crippen LogP contribution in [0, 0.1) is 0 Å². The molecule has 0 spiro atoms. The zero-order chi connectivity index (χ0) is 13.5. The zero-order valence-electron chi connectivity index (χ0n) is 9.77. The summed E-state index contributed by atoms with van der Waals surface area (Å²) in [6.07, 6.45) is 0. The fraction of sp³-hybridized carbons (Fsp3) is 0.273. The maximum atomic E-state index is 11.6. The molecule has 7 heteroatoms. The molecule has 1 rings (SSSR count). The van der Waals surface area contributed by atoms with E-state index in [1.807, 2.05) is 0 Å². The Morgan fingerprint density at radius 1 is 1.22 bits per heavy atom. The van der Waals surface area contributed by atoms with E-state index in [2.05, 4.69) is 15.6 Å². The molecule has 1 aromatic heterocycles. The number of likely N-dealkylation sites (N-methyl/N-ethyl adjacent to an activating group) is 1. The van der Waals surface area contributed by atoms with Crippen LogP contribution in [0.4, 0.5) is 0 Å². The highest BCUT2D eigenvalue weighted by molar-refractivity contribution is 5.96. The van der Waals surface area contributed by atoms with Crippen molar-refractivity contribution in [2.75, 3.05) is 13.1 Å². The normalized spacial score (nSPS) is 9.61. The number of hydrogen-bond acceptors (Lipinski definition) is 4. The van der Waals surface area contributed by atoms with Gasteiger partial charge in [-0.15, -0.1) is 0 Å². The first-order chi connectivity index (χ1) is 8.54. The van der Waals surface area contributed by atoms with E-state index in [4.69, 9.17) is 5.11 Å². The van der Waals surface area contributed by atoms with Gasteiger partial charge in [0.15, 0.2) is 0 Å². The molecule has 0 aliphatic rings. The number of carbonyl (C=O) groups excluding carboxylic acids is 2. The molecule has 2 amide bonds. The van der Waals surface area contributed by atoms with Crippen molar-refractivity contribution in [1.29, 1.82) is 0 Å². The molecule has 0 atom stereocenters. The fourth-order valence-corrected chi connectivity index (χ4v) is 1.19.